The van der Waals surface area contributed by atoms with E-state index in [2.05, 4.69) is 4.98 Å². The summed E-state index contributed by atoms with van der Waals surface area (Å²) in [5.74, 6) is -0.941. The molecule has 2 aromatic heterocycles. The Morgan fingerprint density at radius 3 is 2.36 bits per heavy atom. The van der Waals surface area contributed by atoms with Crippen LogP contribution in [-0.4, -0.2) is 36.3 Å². The second-order valence-electron chi connectivity index (χ2n) is 8.21. The molecule has 33 heavy (non-hydrogen) atoms. The molecule has 0 atom stereocenters. The molecule has 0 unspecified atom stereocenters. The standard InChI is InChI=1S/C22H22F3N3O4S/c1-13-18(29)28(15-5-7-16(8-6-15)33-22(23,24)25)20(31)27(13)12-14-9-10-26-17(11-14)19(30)32-21(2,3)4/h5-11,29H,12H2,1-4H3. The molecule has 1 aromatic carbocycles. The van der Waals surface area contributed by atoms with E-state index in [0.29, 0.717) is 5.56 Å². The summed E-state index contributed by atoms with van der Waals surface area (Å²) < 4.78 is 45.3. The van der Waals surface area contributed by atoms with Gasteiger partial charge in [-0.15, -0.1) is 0 Å². The van der Waals surface area contributed by atoms with Gasteiger partial charge in [-0.1, -0.05) is 0 Å². The van der Waals surface area contributed by atoms with Crippen LogP contribution in [-0.2, 0) is 11.3 Å². The Balaban J connectivity index is 1.90. The van der Waals surface area contributed by atoms with Crippen LogP contribution in [0.15, 0.2) is 52.3 Å². The molecule has 176 valence electrons. The van der Waals surface area contributed by atoms with E-state index in [1.54, 1.807) is 26.8 Å². The van der Waals surface area contributed by atoms with Gasteiger partial charge >= 0.3 is 17.2 Å². The molecule has 0 amide bonds. The molecule has 0 spiro atoms. The third kappa shape index (κ3) is 5.98. The number of carbonyl (C=O) groups is 1. The van der Waals surface area contributed by atoms with Crippen LogP contribution in [0.25, 0.3) is 5.69 Å². The number of halogens is 3. The number of carbonyl (C=O) groups excluding carboxylic acids is 1. The number of hydrogen-bond donors (Lipinski definition) is 1. The van der Waals surface area contributed by atoms with Crippen molar-refractivity contribution in [1.82, 2.24) is 14.1 Å². The average molecular weight is 481 g/mol. The van der Waals surface area contributed by atoms with E-state index in [4.69, 9.17) is 4.74 Å². The van der Waals surface area contributed by atoms with Crippen LogP contribution in [0.1, 0.15) is 42.5 Å². The fraction of sp³-hybridized carbons (Fsp3) is 0.318. The first-order valence-electron chi connectivity index (χ1n) is 9.81. The zero-order valence-corrected chi connectivity index (χ0v) is 19.1. The molecule has 1 N–H and O–H groups in total. The molecule has 2 heterocycles. The highest BCUT2D eigenvalue weighted by Crippen LogP contribution is 2.37. The fourth-order valence-electron chi connectivity index (χ4n) is 3.05. The highest BCUT2D eigenvalue weighted by molar-refractivity contribution is 8.00. The van der Waals surface area contributed by atoms with Gasteiger partial charge < -0.3 is 9.84 Å². The van der Waals surface area contributed by atoms with Crippen LogP contribution in [0.3, 0.4) is 0 Å². The van der Waals surface area contributed by atoms with Gasteiger partial charge in [-0.05, 0) is 81.4 Å². The number of aromatic hydroxyl groups is 1. The van der Waals surface area contributed by atoms with Gasteiger partial charge in [0.05, 0.1) is 17.9 Å². The third-order valence-corrected chi connectivity index (χ3v) is 5.20. The second kappa shape index (κ2) is 8.97. The number of pyridine rings is 1. The molecule has 0 bridgehead atoms. The number of rotatable bonds is 5. The molecule has 3 rings (SSSR count). The molecule has 0 saturated carbocycles. The Hall–Kier alpha value is -3.21. The van der Waals surface area contributed by atoms with Crippen molar-refractivity contribution in [2.24, 2.45) is 0 Å². The Morgan fingerprint density at radius 1 is 1.15 bits per heavy atom. The molecule has 11 heteroatoms. The molecular formula is C22H22F3N3O4S. The monoisotopic (exact) mass is 481 g/mol. The Bertz CT molecular complexity index is 1230. The van der Waals surface area contributed by atoms with Crippen LogP contribution < -0.4 is 5.69 Å². The number of ether oxygens (including phenoxy) is 1. The number of benzene rings is 1. The van der Waals surface area contributed by atoms with Gasteiger partial charge in [-0.3, -0.25) is 4.57 Å². The van der Waals surface area contributed by atoms with Gasteiger partial charge in [-0.25, -0.2) is 19.1 Å². The quantitative estimate of drug-likeness (QED) is 0.421. The van der Waals surface area contributed by atoms with E-state index in [-0.39, 0.29) is 46.2 Å². The number of alkyl halides is 3. The number of esters is 1. The molecule has 3 aromatic rings. The second-order valence-corrected chi connectivity index (χ2v) is 9.34. The summed E-state index contributed by atoms with van der Waals surface area (Å²) in [5.41, 5.74) is -4.58. The van der Waals surface area contributed by atoms with Crippen molar-refractivity contribution in [3.63, 3.8) is 0 Å². The Kier molecular flexibility index (Phi) is 6.64. The first-order chi connectivity index (χ1) is 15.2. The normalized spacial score (nSPS) is 12.1. The summed E-state index contributed by atoms with van der Waals surface area (Å²) in [4.78, 5) is 29.3. The van der Waals surface area contributed by atoms with Crippen molar-refractivity contribution in [1.29, 1.82) is 0 Å². The van der Waals surface area contributed by atoms with Gasteiger partial charge in [-0.2, -0.15) is 13.2 Å². The summed E-state index contributed by atoms with van der Waals surface area (Å²) in [6.45, 7) is 6.77. The maximum absolute atomic E-state index is 13.0. The lowest BCUT2D eigenvalue weighted by atomic mass is 10.2. The van der Waals surface area contributed by atoms with Crippen molar-refractivity contribution >= 4 is 17.7 Å². The highest BCUT2D eigenvalue weighted by Gasteiger charge is 2.29. The maximum Gasteiger partial charge on any atom is 0.446 e. The van der Waals surface area contributed by atoms with Gasteiger partial charge in [0.1, 0.15) is 11.3 Å². The smallest absolute Gasteiger partial charge is 0.446 e. The van der Waals surface area contributed by atoms with Crippen molar-refractivity contribution in [2.45, 2.75) is 50.2 Å². The Labute approximate surface area is 191 Å². The SMILES string of the molecule is Cc1c(O)n(-c2ccc(SC(F)(F)F)cc2)c(=O)n1Cc1ccnc(C(=O)OC(C)(C)C)c1. The van der Waals surface area contributed by atoms with E-state index < -0.39 is 22.8 Å². The van der Waals surface area contributed by atoms with Gasteiger partial charge in [0.2, 0.25) is 5.88 Å². The van der Waals surface area contributed by atoms with Crippen LogP contribution in [0.4, 0.5) is 13.2 Å². The van der Waals surface area contributed by atoms with Crippen LogP contribution >= 0.6 is 11.8 Å². The molecule has 0 saturated heterocycles. The summed E-state index contributed by atoms with van der Waals surface area (Å²) in [5, 5.41) is 10.5. The number of hydrogen-bond acceptors (Lipinski definition) is 6. The summed E-state index contributed by atoms with van der Waals surface area (Å²) in [6.07, 6.45) is 1.42. The first-order valence-corrected chi connectivity index (χ1v) is 10.6. The van der Waals surface area contributed by atoms with Crippen molar-refractivity contribution in [2.75, 3.05) is 0 Å². The molecule has 0 fully saturated rings. The van der Waals surface area contributed by atoms with E-state index >= 15 is 0 Å². The number of aromatic nitrogens is 3. The molecular weight excluding hydrogens is 459 g/mol. The summed E-state index contributed by atoms with van der Waals surface area (Å²) in [6, 6.07) is 8.22. The highest BCUT2D eigenvalue weighted by atomic mass is 32.2. The first kappa shape index (κ1) is 24.4. The van der Waals surface area contributed by atoms with E-state index in [1.165, 1.54) is 48.0 Å². The lowest BCUT2D eigenvalue weighted by Crippen LogP contribution is -2.25. The van der Waals surface area contributed by atoms with Crippen molar-refractivity contribution in [3.05, 3.63) is 70.0 Å². The van der Waals surface area contributed by atoms with E-state index in [1.807, 2.05) is 0 Å². The minimum Gasteiger partial charge on any atom is -0.493 e. The fourth-order valence-corrected chi connectivity index (χ4v) is 3.59. The number of imidazole rings is 1. The van der Waals surface area contributed by atoms with E-state index in [9.17, 15) is 27.9 Å². The predicted molar refractivity (Wildman–Crippen MR) is 117 cm³/mol. The molecule has 0 aliphatic heterocycles. The lowest BCUT2D eigenvalue weighted by molar-refractivity contribution is -0.0328. The van der Waals surface area contributed by atoms with Gasteiger partial charge in [0.15, 0.2) is 0 Å². The molecule has 0 radical (unpaired) electrons. The maximum atomic E-state index is 13.0. The lowest BCUT2D eigenvalue weighted by Gasteiger charge is -2.19. The van der Waals surface area contributed by atoms with Crippen LogP contribution in [0.5, 0.6) is 5.88 Å². The van der Waals surface area contributed by atoms with Crippen molar-refractivity contribution < 1.29 is 27.8 Å². The van der Waals surface area contributed by atoms with E-state index in [0.717, 1.165) is 4.57 Å². The number of thioether (sulfide) groups is 1. The zero-order valence-electron chi connectivity index (χ0n) is 18.3. The summed E-state index contributed by atoms with van der Waals surface area (Å²) >= 11 is -0.269. The Morgan fingerprint density at radius 2 is 1.79 bits per heavy atom. The zero-order chi connectivity index (χ0) is 24.6. The van der Waals surface area contributed by atoms with Crippen molar-refractivity contribution in [3.8, 4) is 11.6 Å². The topological polar surface area (TPSA) is 86.4 Å². The third-order valence-electron chi connectivity index (χ3n) is 4.46. The van der Waals surface area contributed by atoms with Crippen LogP contribution in [0, 0.1) is 6.92 Å². The van der Waals surface area contributed by atoms with Gasteiger partial charge in [0, 0.05) is 11.1 Å². The predicted octanol–water partition coefficient (Wildman–Crippen LogP) is 4.66. The minimum atomic E-state index is -4.43. The molecule has 7 nitrogen and oxygen atoms in total. The average Bonchev–Trinajstić information content (AvgIpc) is 2.90. The largest absolute Gasteiger partial charge is 0.493 e. The van der Waals surface area contributed by atoms with Gasteiger partial charge in [0.25, 0.3) is 0 Å². The van der Waals surface area contributed by atoms with Crippen LogP contribution in [0.2, 0.25) is 0 Å². The summed E-state index contributed by atoms with van der Waals surface area (Å²) in [7, 11) is 0. The minimum absolute atomic E-state index is 0.0333. The number of nitrogens with zero attached hydrogens (tertiary/aromatic N) is 3. The molecule has 0 aliphatic rings. The molecule has 0 aliphatic carbocycles.